The van der Waals surface area contributed by atoms with Crippen molar-refractivity contribution in [1.82, 2.24) is 10.1 Å². The minimum atomic E-state index is -0.258. The molecule has 2 aromatic rings. The molecule has 19 heavy (non-hydrogen) atoms. The first-order valence-electron chi connectivity index (χ1n) is 6.53. The van der Waals surface area contributed by atoms with E-state index < -0.39 is 0 Å². The first kappa shape index (κ1) is 12.3. The zero-order chi connectivity index (χ0) is 13.1. The molecule has 1 aromatic heterocycles. The molecule has 100 valence electrons. The Hall–Kier alpha value is -1.72. The zero-order valence-corrected chi connectivity index (χ0v) is 10.7. The molecular formula is C14H17N3O2. The van der Waals surface area contributed by atoms with Gasteiger partial charge in [-0.05, 0) is 18.4 Å². The van der Waals surface area contributed by atoms with Crippen molar-refractivity contribution in [3.8, 4) is 0 Å². The number of benzene rings is 1. The van der Waals surface area contributed by atoms with Crippen molar-refractivity contribution >= 4 is 0 Å². The highest BCUT2D eigenvalue weighted by Gasteiger charge is 2.24. The summed E-state index contributed by atoms with van der Waals surface area (Å²) in [7, 11) is 0. The summed E-state index contributed by atoms with van der Waals surface area (Å²) in [6.45, 7) is 1.44. The van der Waals surface area contributed by atoms with Gasteiger partial charge in [0.25, 0.3) is 0 Å². The third-order valence-corrected chi connectivity index (χ3v) is 3.37. The van der Waals surface area contributed by atoms with Gasteiger partial charge in [-0.2, -0.15) is 4.98 Å². The number of aromatic nitrogens is 2. The Morgan fingerprint density at radius 2 is 2.16 bits per heavy atom. The molecule has 1 saturated heterocycles. The average molecular weight is 259 g/mol. The van der Waals surface area contributed by atoms with Gasteiger partial charge in [-0.3, -0.25) is 0 Å². The van der Waals surface area contributed by atoms with Gasteiger partial charge in [0, 0.05) is 12.5 Å². The Morgan fingerprint density at radius 3 is 2.89 bits per heavy atom. The van der Waals surface area contributed by atoms with Crippen LogP contribution >= 0.6 is 0 Å². The normalized spacial score (nSPS) is 20.6. The molecule has 0 aliphatic carbocycles. The molecule has 0 amide bonds. The van der Waals surface area contributed by atoms with Gasteiger partial charge in [0.2, 0.25) is 5.89 Å². The Bertz CT molecular complexity index is 520. The molecule has 3 rings (SSSR count). The second-order valence-electron chi connectivity index (χ2n) is 4.85. The van der Waals surface area contributed by atoms with E-state index in [1.54, 1.807) is 0 Å². The van der Waals surface area contributed by atoms with Gasteiger partial charge in [-0.15, -0.1) is 0 Å². The lowest BCUT2D eigenvalue weighted by Crippen LogP contribution is -2.14. The van der Waals surface area contributed by atoms with Crippen molar-refractivity contribution in [2.75, 3.05) is 13.2 Å². The van der Waals surface area contributed by atoms with E-state index in [-0.39, 0.29) is 12.0 Å². The minimum absolute atomic E-state index is 0.251. The van der Waals surface area contributed by atoms with Crippen molar-refractivity contribution in [1.29, 1.82) is 0 Å². The summed E-state index contributed by atoms with van der Waals surface area (Å²) in [4.78, 5) is 4.41. The summed E-state index contributed by atoms with van der Waals surface area (Å²) in [5.41, 5.74) is 7.28. The number of rotatable bonds is 4. The number of hydrogen-bond acceptors (Lipinski definition) is 5. The SMILES string of the molecule is NC(Cc1ccccc1)c1nc(C2CCOC2)no1. The predicted octanol–water partition coefficient (Wildman–Crippen LogP) is 1.82. The standard InChI is InChI=1S/C14H17N3O2/c15-12(8-10-4-2-1-3-5-10)14-16-13(17-19-14)11-6-7-18-9-11/h1-5,11-12H,6-9,15H2. The van der Waals surface area contributed by atoms with Crippen LogP contribution in [0.25, 0.3) is 0 Å². The Balaban J connectivity index is 1.68. The molecular weight excluding hydrogens is 242 g/mol. The summed E-state index contributed by atoms with van der Waals surface area (Å²) in [5.74, 6) is 1.48. The van der Waals surface area contributed by atoms with E-state index in [0.717, 1.165) is 18.9 Å². The van der Waals surface area contributed by atoms with Crippen molar-refractivity contribution in [2.24, 2.45) is 5.73 Å². The molecule has 2 heterocycles. The molecule has 2 atom stereocenters. The quantitative estimate of drug-likeness (QED) is 0.906. The molecule has 5 heteroatoms. The maximum atomic E-state index is 6.11. The molecule has 1 aliphatic rings. The molecule has 0 bridgehead atoms. The van der Waals surface area contributed by atoms with Crippen LogP contribution in [0.2, 0.25) is 0 Å². The van der Waals surface area contributed by atoms with Gasteiger partial charge >= 0.3 is 0 Å². The van der Waals surface area contributed by atoms with E-state index >= 15 is 0 Å². The minimum Gasteiger partial charge on any atom is -0.381 e. The monoisotopic (exact) mass is 259 g/mol. The number of nitrogens with zero attached hydrogens (tertiary/aromatic N) is 2. The molecule has 0 saturated carbocycles. The fraction of sp³-hybridized carbons (Fsp3) is 0.429. The van der Waals surface area contributed by atoms with Gasteiger partial charge in [0.1, 0.15) is 0 Å². The first-order valence-corrected chi connectivity index (χ1v) is 6.53. The van der Waals surface area contributed by atoms with Crippen molar-refractivity contribution in [2.45, 2.75) is 24.8 Å². The maximum absolute atomic E-state index is 6.11. The zero-order valence-electron chi connectivity index (χ0n) is 10.7. The largest absolute Gasteiger partial charge is 0.381 e. The van der Waals surface area contributed by atoms with Crippen LogP contribution in [0.5, 0.6) is 0 Å². The lowest BCUT2D eigenvalue weighted by molar-refractivity contribution is 0.192. The third-order valence-electron chi connectivity index (χ3n) is 3.37. The number of hydrogen-bond donors (Lipinski definition) is 1. The topological polar surface area (TPSA) is 74.2 Å². The molecule has 1 fully saturated rings. The van der Waals surface area contributed by atoms with Crippen LogP contribution in [0, 0.1) is 0 Å². The van der Waals surface area contributed by atoms with Crippen LogP contribution in [0.3, 0.4) is 0 Å². The summed E-state index contributed by atoms with van der Waals surface area (Å²) in [5, 5.41) is 4.01. The summed E-state index contributed by atoms with van der Waals surface area (Å²) in [6, 6.07) is 9.81. The Morgan fingerprint density at radius 1 is 1.32 bits per heavy atom. The van der Waals surface area contributed by atoms with E-state index in [1.165, 1.54) is 5.56 Å². The van der Waals surface area contributed by atoms with Crippen LogP contribution in [0.15, 0.2) is 34.9 Å². The second-order valence-corrected chi connectivity index (χ2v) is 4.85. The van der Waals surface area contributed by atoms with Gasteiger partial charge in [0.05, 0.1) is 12.6 Å². The summed E-state index contributed by atoms with van der Waals surface area (Å²) in [6.07, 6.45) is 1.65. The average Bonchev–Trinajstić information content (AvgIpc) is 3.11. The van der Waals surface area contributed by atoms with Crippen molar-refractivity contribution < 1.29 is 9.26 Å². The highest BCUT2D eigenvalue weighted by Crippen LogP contribution is 2.24. The molecule has 0 radical (unpaired) electrons. The van der Waals surface area contributed by atoms with Crippen LogP contribution in [0.1, 0.15) is 35.7 Å². The molecule has 1 aliphatic heterocycles. The van der Waals surface area contributed by atoms with E-state index in [1.807, 2.05) is 30.3 Å². The van der Waals surface area contributed by atoms with Gasteiger partial charge in [0.15, 0.2) is 5.82 Å². The highest BCUT2D eigenvalue weighted by atomic mass is 16.5. The smallest absolute Gasteiger partial charge is 0.243 e. The molecule has 2 N–H and O–H groups in total. The van der Waals surface area contributed by atoms with Gasteiger partial charge in [-0.1, -0.05) is 35.5 Å². The second kappa shape index (κ2) is 5.50. The van der Waals surface area contributed by atoms with Crippen LogP contribution in [-0.4, -0.2) is 23.4 Å². The summed E-state index contributed by atoms with van der Waals surface area (Å²) < 4.78 is 10.6. The van der Waals surface area contributed by atoms with Crippen LogP contribution in [-0.2, 0) is 11.2 Å². The molecule has 2 unspecified atom stereocenters. The van der Waals surface area contributed by atoms with E-state index in [4.69, 9.17) is 15.0 Å². The highest BCUT2D eigenvalue weighted by molar-refractivity contribution is 5.16. The van der Waals surface area contributed by atoms with E-state index in [2.05, 4.69) is 10.1 Å². The fourth-order valence-electron chi connectivity index (χ4n) is 2.26. The molecule has 0 spiro atoms. The van der Waals surface area contributed by atoms with Crippen molar-refractivity contribution in [3.05, 3.63) is 47.6 Å². The fourth-order valence-corrected chi connectivity index (χ4v) is 2.26. The number of ether oxygens (including phenoxy) is 1. The Kier molecular flexibility index (Phi) is 3.57. The third kappa shape index (κ3) is 2.83. The Labute approximate surface area is 111 Å². The van der Waals surface area contributed by atoms with E-state index in [0.29, 0.717) is 18.9 Å². The van der Waals surface area contributed by atoms with Gasteiger partial charge in [-0.25, -0.2) is 0 Å². The maximum Gasteiger partial charge on any atom is 0.243 e. The van der Waals surface area contributed by atoms with Crippen molar-refractivity contribution in [3.63, 3.8) is 0 Å². The molecule has 1 aromatic carbocycles. The first-order chi connectivity index (χ1) is 9.33. The van der Waals surface area contributed by atoms with Crippen LogP contribution in [0.4, 0.5) is 0 Å². The lowest BCUT2D eigenvalue weighted by atomic mass is 10.1. The van der Waals surface area contributed by atoms with Crippen LogP contribution < -0.4 is 5.73 Å². The number of nitrogens with two attached hydrogens (primary N) is 1. The molecule has 5 nitrogen and oxygen atoms in total. The predicted molar refractivity (Wildman–Crippen MR) is 69.5 cm³/mol. The van der Waals surface area contributed by atoms with Gasteiger partial charge < -0.3 is 15.0 Å². The van der Waals surface area contributed by atoms with E-state index in [9.17, 15) is 0 Å². The summed E-state index contributed by atoms with van der Waals surface area (Å²) >= 11 is 0. The lowest BCUT2D eigenvalue weighted by Gasteiger charge is -2.06.